The Kier molecular flexibility index (Phi) is 3.15. The van der Waals surface area contributed by atoms with E-state index in [1.807, 2.05) is 6.92 Å². The lowest BCUT2D eigenvalue weighted by Gasteiger charge is -2.10. The van der Waals surface area contributed by atoms with Crippen molar-refractivity contribution in [1.29, 1.82) is 0 Å². The largest absolute Gasteiger partial charge is 0.316 e. The van der Waals surface area contributed by atoms with Crippen molar-refractivity contribution in [3.63, 3.8) is 0 Å². The summed E-state index contributed by atoms with van der Waals surface area (Å²) in [5.41, 5.74) is 7.37. The van der Waals surface area contributed by atoms with E-state index in [2.05, 4.69) is 15.5 Å². The molecule has 1 unspecified atom stereocenters. The summed E-state index contributed by atoms with van der Waals surface area (Å²) in [6.45, 7) is 1.86. The summed E-state index contributed by atoms with van der Waals surface area (Å²) in [7, 11) is 3.54. The van der Waals surface area contributed by atoms with Crippen molar-refractivity contribution in [2.24, 2.45) is 19.8 Å². The molecule has 0 radical (unpaired) electrons. The van der Waals surface area contributed by atoms with Crippen molar-refractivity contribution in [2.45, 2.75) is 13.0 Å². The molecule has 0 fully saturated rings. The molecule has 2 rings (SSSR count). The van der Waals surface area contributed by atoms with Gasteiger partial charge in [-0.2, -0.15) is 10.2 Å². The Morgan fingerprint density at radius 2 is 2.22 bits per heavy atom. The van der Waals surface area contributed by atoms with E-state index < -0.39 is 6.04 Å². The molecular formula is C11H16N6O. The van der Waals surface area contributed by atoms with Gasteiger partial charge in [0, 0.05) is 31.9 Å². The van der Waals surface area contributed by atoms with Gasteiger partial charge in [0.15, 0.2) is 0 Å². The fraction of sp³-hybridized carbons (Fsp3) is 0.364. The number of carbonyl (C=O) groups excluding carboxylic acids is 1. The Morgan fingerprint density at radius 1 is 1.50 bits per heavy atom. The van der Waals surface area contributed by atoms with Crippen molar-refractivity contribution in [1.82, 2.24) is 19.6 Å². The number of nitrogens with one attached hydrogen (secondary N) is 1. The highest BCUT2D eigenvalue weighted by atomic mass is 16.2. The quantitative estimate of drug-likeness (QED) is 0.806. The monoisotopic (exact) mass is 248 g/mol. The van der Waals surface area contributed by atoms with Crippen molar-refractivity contribution in [3.8, 4) is 0 Å². The van der Waals surface area contributed by atoms with Gasteiger partial charge in [-0.05, 0) is 6.92 Å². The van der Waals surface area contributed by atoms with E-state index in [1.54, 1.807) is 41.9 Å². The average Bonchev–Trinajstić information content (AvgIpc) is 2.85. The second-order valence-electron chi connectivity index (χ2n) is 4.21. The van der Waals surface area contributed by atoms with Crippen LogP contribution in [0.4, 0.5) is 5.82 Å². The Morgan fingerprint density at radius 3 is 2.72 bits per heavy atom. The second kappa shape index (κ2) is 4.61. The smallest absolute Gasteiger partial charge is 0.247 e. The summed E-state index contributed by atoms with van der Waals surface area (Å²) < 4.78 is 3.21. The molecule has 0 aliphatic heterocycles. The number of amides is 1. The van der Waals surface area contributed by atoms with Crippen LogP contribution in [0.3, 0.4) is 0 Å². The first-order chi connectivity index (χ1) is 8.47. The number of hydrogen-bond acceptors (Lipinski definition) is 4. The Balaban J connectivity index is 2.10. The van der Waals surface area contributed by atoms with Gasteiger partial charge in [-0.25, -0.2) is 0 Å². The van der Waals surface area contributed by atoms with E-state index in [0.717, 1.165) is 5.69 Å². The maximum atomic E-state index is 12.0. The molecule has 1 atom stereocenters. The molecule has 3 N–H and O–H groups in total. The third kappa shape index (κ3) is 2.40. The van der Waals surface area contributed by atoms with E-state index >= 15 is 0 Å². The third-order valence-corrected chi connectivity index (χ3v) is 2.62. The highest BCUT2D eigenvalue weighted by Crippen LogP contribution is 2.13. The first-order valence-corrected chi connectivity index (χ1v) is 5.53. The van der Waals surface area contributed by atoms with Crippen LogP contribution in [0.5, 0.6) is 0 Å². The summed E-state index contributed by atoms with van der Waals surface area (Å²) in [6.07, 6.45) is 3.30. The zero-order chi connectivity index (χ0) is 13.3. The Bertz CT molecular complexity index is 570. The summed E-state index contributed by atoms with van der Waals surface area (Å²) in [5, 5.41) is 10.9. The summed E-state index contributed by atoms with van der Waals surface area (Å²) in [4.78, 5) is 12.0. The Hall–Kier alpha value is -2.15. The van der Waals surface area contributed by atoms with Gasteiger partial charge in [0.2, 0.25) is 5.91 Å². The molecule has 1 amide bonds. The predicted molar refractivity (Wildman–Crippen MR) is 66.7 cm³/mol. The molecule has 2 heterocycles. The number of hydrogen-bond donors (Lipinski definition) is 2. The van der Waals surface area contributed by atoms with Gasteiger partial charge in [0.1, 0.15) is 11.9 Å². The van der Waals surface area contributed by atoms with Crippen LogP contribution in [-0.2, 0) is 18.9 Å². The topological polar surface area (TPSA) is 90.8 Å². The van der Waals surface area contributed by atoms with Gasteiger partial charge in [-0.3, -0.25) is 14.2 Å². The number of nitrogens with zero attached hydrogens (tertiary/aromatic N) is 4. The molecule has 0 saturated carbocycles. The lowest BCUT2D eigenvalue weighted by molar-refractivity contribution is -0.117. The van der Waals surface area contributed by atoms with Crippen molar-refractivity contribution < 1.29 is 4.79 Å². The molecule has 18 heavy (non-hydrogen) atoms. The van der Waals surface area contributed by atoms with Gasteiger partial charge in [-0.15, -0.1) is 0 Å². The zero-order valence-electron chi connectivity index (χ0n) is 10.6. The molecule has 0 aliphatic carbocycles. The van der Waals surface area contributed by atoms with Gasteiger partial charge >= 0.3 is 0 Å². The number of anilines is 1. The van der Waals surface area contributed by atoms with E-state index in [9.17, 15) is 4.79 Å². The van der Waals surface area contributed by atoms with E-state index in [1.165, 1.54) is 0 Å². The molecule has 0 bridgehead atoms. The number of carbonyl (C=O) groups is 1. The summed E-state index contributed by atoms with van der Waals surface area (Å²) >= 11 is 0. The molecule has 2 aromatic rings. The molecule has 0 aliphatic rings. The number of rotatable bonds is 3. The van der Waals surface area contributed by atoms with Crippen molar-refractivity contribution in [2.75, 3.05) is 5.32 Å². The van der Waals surface area contributed by atoms with Crippen molar-refractivity contribution in [3.05, 3.63) is 29.7 Å². The molecule has 2 aromatic heterocycles. The van der Waals surface area contributed by atoms with Gasteiger partial charge in [0.25, 0.3) is 0 Å². The highest BCUT2D eigenvalue weighted by Gasteiger charge is 2.18. The minimum Gasteiger partial charge on any atom is -0.316 e. The van der Waals surface area contributed by atoms with Crippen molar-refractivity contribution >= 4 is 11.7 Å². The molecule has 96 valence electrons. The number of aromatic nitrogens is 4. The summed E-state index contributed by atoms with van der Waals surface area (Å²) in [5.74, 6) is 0.336. The molecule has 7 nitrogen and oxygen atoms in total. The number of aryl methyl sites for hydroxylation is 3. The first-order valence-electron chi connectivity index (χ1n) is 5.53. The molecule has 0 aromatic carbocycles. The normalized spacial score (nSPS) is 12.4. The fourth-order valence-corrected chi connectivity index (χ4v) is 1.68. The fourth-order valence-electron chi connectivity index (χ4n) is 1.68. The van der Waals surface area contributed by atoms with Crippen LogP contribution in [0.2, 0.25) is 0 Å². The van der Waals surface area contributed by atoms with Gasteiger partial charge < -0.3 is 11.1 Å². The van der Waals surface area contributed by atoms with Crippen LogP contribution in [0.25, 0.3) is 0 Å². The average molecular weight is 248 g/mol. The number of nitrogens with two attached hydrogens (primary N) is 1. The SMILES string of the molecule is Cc1cc(NC(=O)C(N)c2cnn(C)c2)n(C)n1. The maximum absolute atomic E-state index is 12.0. The van der Waals surface area contributed by atoms with Gasteiger partial charge in [-0.1, -0.05) is 0 Å². The highest BCUT2D eigenvalue weighted by molar-refractivity contribution is 5.94. The predicted octanol–water partition coefficient (Wildman–Crippen LogP) is 0.101. The second-order valence-corrected chi connectivity index (χ2v) is 4.21. The van der Waals surface area contributed by atoms with Crippen LogP contribution >= 0.6 is 0 Å². The molecular weight excluding hydrogens is 232 g/mol. The Labute approximate surface area is 105 Å². The maximum Gasteiger partial charge on any atom is 0.247 e. The lowest BCUT2D eigenvalue weighted by atomic mass is 10.1. The standard InChI is InChI=1S/C11H16N6O/c1-7-4-9(17(3)15-7)14-11(18)10(12)8-5-13-16(2)6-8/h4-6,10H,12H2,1-3H3,(H,14,18). The lowest BCUT2D eigenvalue weighted by Crippen LogP contribution is -2.28. The van der Waals surface area contributed by atoms with E-state index in [0.29, 0.717) is 11.4 Å². The van der Waals surface area contributed by atoms with Crippen LogP contribution < -0.4 is 11.1 Å². The minimum absolute atomic E-state index is 0.286. The minimum atomic E-state index is -0.742. The molecule has 0 saturated heterocycles. The van der Waals surface area contributed by atoms with Crippen LogP contribution in [0, 0.1) is 6.92 Å². The van der Waals surface area contributed by atoms with Crippen LogP contribution in [0.15, 0.2) is 18.5 Å². The van der Waals surface area contributed by atoms with Crippen LogP contribution in [-0.4, -0.2) is 25.5 Å². The third-order valence-electron chi connectivity index (χ3n) is 2.62. The first kappa shape index (κ1) is 12.3. The van der Waals surface area contributed by atoms with E-state index in [4.69, 9.17) is 5.73 Å². The van der Waals surface area contributed by atoms with Gasteiger partial charge in [0.05, 0.1) is 11.9 Å². The van der Waals surface area contributed by atoms with E-state index in [-0.39, 0.29) is 5.91 Å². The zero-order valence-corrected chi connectivity index (χ0v) is 10.6. The summed E-state index contributed by atoms with van der Waals surface area (Å²) in [6, 6.07) is 1.04. The molecule has 0 spiro atoms. The molecule has 7 heteroatoms. The van der Waals surface area contributed by atoms with Crippen LogP contribution in [0.1, 0.15) is 17.3 Å².